The maximum atomic E-state index is 13.1. The fraction of sp³-hybridized carbons (Fsp3) is 0.500. The first-order valence-corrected chi connectivity index (χ1v) is 8.40. The quantitative estimate of drug-likeness (QED) is 0.847. The number of hydrogen-bond acceptors (Lipinski definition) is 5. The number of hydrogen-bond donors (Lipinski definition) is 0. The highest BCUT2D eigenvalue weighted by Crippen LogP contribution is 2.21. The normalized spacial score (nSPS) is 19.3. The third kappa shape index (κ3) is 4.24. The van der Waals surface area contributed by atoms with E-state index in [-0.39, 0.29) is 5.82 Å². The van der Waals surface area contributed by atoms with Crippen molar-refractivity contribution in [3.8, 4) is 5.75 Å². The van der Waals surface area contributed by atoms with E-state index in [9.17, 15) is 4.39 Å². The van der Waals surface area contributed by atoms with E-state index < -0.39 is 0 Å². The Bertz CT molecular complexity index is 619. The van der Waals surface area contributed by atoms with Gasteiger partial charge in [0.1, 0.15) is 21.6 Å². The maximum absolute atomic E-state index is 13.1. The number of piperidine rings is 1. The number of aryl methyl sites for hydroxylation is 1. The lowest BCUT2D eigenvalue weighted by molar-refractivity contribution is 0.124. The molecule has 0 saturated carbocycles. The molecule has 1 aromatic heterocycles. The van der Waals surface area contributed by atoms with Crippen LogP contribution in [-0.2, 0) is 6.54 Å². The molecule has 1 atom stereocenters. The van der Waals surface area contributed by atoms with Crippen molar-refractivity contribution in [2.75, 3.05) is 19.7 Å². The van der Waals surface area contributed by atoms with Gasteiger partial charge in [-0.1, -0.05) is 6.07 Å². The molecule has 1 aromatic carbocycles. The predicted octanol–water partition coefficient (Wildman–Crippen LogP) is 3.28. The van der Waals surface area contributed by atoms with Gasteiger partial charge in [-0.2, -0.15) is 0 Å². The highest BCUT2D eigenvalue weighted by molar-refractivity contribution is 7.11. The van der Waals surface area contributed by atoms with Gasteiger partial charge in [0.2, 0.25) is 0 Å². The number of likely N-dealkylation sites (tertiary alicyclic amines) is 1. The second-order valence-electron chi connectivity index (χ2n) is 5.73. The summed E-state index contributed by atoms with van der Waals surface area (Å²) in [7, 11) is 0. The van der Waals surface area contributed by atoms with E-state index in [1.807, 2.05) is 6.92 Å². The predicted molar refractivity (Wildman–Crippen MR) is 84.5 cm³/mol. The highest BCUT2D eigenvalue weighted by atomic mass is 32.1. The molecule has 6 heteroatoms. The summed E-state index contributed by atoms with van der Waals surface area (Å²) in [6.45, 7) is 5.56. The summed E-state index contributed by atoms with van der Waals surface area (Å²) >= 11 is 1.66. The van der Waals surface area contributed by atoms with E-state index in [0.717, 1.165) is 42.5 Å². The summed E-state index contributed by atoms with van der Waals surface area (Å²) < 4.78 is 18.9. The van der Waals surface area contributed by atoms with Crippen molar-refractivity contribution >= 4 is 11.3 Å². The molecule has 0 amide bonds. The van der Waals surface area contributed by atoms with Crippen LogP contribution in [0.5, 0.6) is 5.75 Å². The first kappa shape index (κ1) is 15.4. The third-order valence-electron chi connectivity index (χ3n) is 3.81. The molecule has 0 spiro atoms. The molecule has 1 aliphatic heterocycles. The Morgan fingerprint density at radius 2 is 2.32 bits per heavy atom. The summed E-state index contributed by atoms with van der Waals surface area (Å²) in [6.07, 6.45) is 2.32. The van der Waals surface area contributed by atoms with Gasteiger partial charge >= 0.3 is 0 Å². The Morgan fingerprint density at radius 3 is 3.09 bits per heavy atom. The van der Waals surface area contributed by atoms with Gasteiger partial charge in [0.15, 0.2) is 0 Å². The van der Waals surface area contributed by atoms with Crippen LogP contribution in [0.2, 0.25) is 0 Å². The molecule has 0 radical (unpaired) electrons. The van der Waals surface area contributed by atoms with Crippen LogP contribution in [-0.4, -0.2) is 34.8 Å². The summed E-state index contributed by atoms with van der Waals surface area (Å²) in [5, 5.41) is 10.3. The SMILES string of the molecule is Cc1nnc(CN2CCCC(COc3cccc(F)c3)C2)s1. The fourth-order valence-corrected chi connectivity index (χ4v) is 3.55. The first-order chi connectivity index (χ1) is 10.7. The van der Waals surface area contributed by atoms with Crippen LogP contribution in [0.15, 0.2) is 24.3 Å². The number of ether oxygens (including phenoxy) is 1. The van der Waals surface area contributed by atoms with E-state index in [2.05, 4.69) is 15.1 Å². The summed E-state index contributed by atoms with van der Waals surface area (Å²) in [4.78, 5) is 2.41. The van der Waals surface area contributed by atoms with E-state index in [4.69, 9.17) is 4.74 Å². The molecule has 1 fully saturated rings. The van der Waals surface area contributed by atoms with Crippen molar-refractivity contribution in [1.82, 2.24) is 15.1 Å². The van der Waals surface area contributed by atoms with Gasteiger partial charge < -0.3 is 4.74 Å². The first-order valence-electron chi connectivity index (χ1n) is 7.59. The van der Waals surface area contributed by atoms with Crippen molar-refractivity contribution in [2.45, 2.75) is 26.3 Å². The largest absolute Gasteiger partial charge is 0.493 e. The van der Waals surface area contributed by atoms with Crippen molar-refractivity contribution in [1.29, 1.82) is 0 Å². The van der Waals surface area contributed by atoms with Crippen molar-refractivity contribution < 1.29 is 9.13 Å². The number of halogens is 1. The van der Waals surface area contributed by atoms with Gasteiger partial charge in [-0.05, 0) is 38.4 Å². The van der Waals surface area contributed by atoms with Gasteiger partial charge in [0, 0.05) is 18.5 Å². The monoisotopic (exact) mass is 321 g/mol. The van der Waals surface area contributed by atoms with Crippen molar-refractivity contribution in [3.05, 3.63) is 40.1 Å². The topological polar surface area (TPSA) is 38.2 Å². The lowest BCUT2D eigenvalue weighted by Crippen LogP contribution is -2.37. The Balaban J connectivity index is 1.50. The lowest BCUT2D eigenvalue weighted by atomic mass is 9.99. The molecule has 1 aliphatic rings. The van der Waals surface area contributed by atoms with Crippen LogP contribution in [0.3, 0.4) is 0 Å². The standard InChI is InChI=1S/C16H20FN3OS/c1-12-18-19-16(22-12)10-20-7-3-4-13(9-20)11-21-15-6-2-5-14(17)8-15/h2,5-6,8,13H,3-4,7,9-11H2,1H3. The second kappa shape index (κ2) is 7.15. The number of aromatic nitrogens is 2. The number of benzene rings is 1. The molecule has 0 bridgehead atoms. The molecule has 2 aromatic rings. The van der Waals surface area contributed by atoms with Crippen molar-refractivity contribution in [3.63, 3.8) is 0 Å². The Morgan fingerprint density at radius 1 is 1.41 bits per heavy atom. The summed E-state index contributed by atoms with van der Waals surface area (Å²) in [5.74, 6) is 0.831. The van der Waals surface area contributed by atoms with Gasteiger partial charge in [0.05, 0.1) is 13.2 Å². The smallest absolute Gasteiger partial charge is 0.131 e. The Kier molecular flexibility index (Phi) is 5.00. The maximum Gasteiger partial charge on any atom is 0.131 e. The van der Waals surface area contributed by atoms with Crippen LogP contribution in [0.25, 0.3) is 0 Å². The van der Waals surface area contributed by atoms with Crippen LogP contribution >= 0.6 is 11.3 Å². The fourth-order valence-electron chi connectivity index (χ4n) is 2.79. The minimum absolute atomic E-state index is 0.255. The molecule has 1 saturated heterocycles. The molecule has 4 nitrogen and oxygen atoms in total. The minimum Gasteiger partial charge on any atom is -0.493 e. The zero-order chi connectivity index (χ0) is 15.4. The molecule has 3 rings (SSSR count). The Labute approximate surface area is 133 Å². The van der Waals surface area contributed by atoms with Crippen LogP contribution in [0.1, 0.15) is 22.9 Å². The zero-order valence-electron chi connectivity index (χ0n) is 12.7. The van der Waals surface area contributed by atoms with Crippen LogP contribution in [0, 0.1) is 18.7 Å². The molecule has 0 N–H and O–H groups in total. The van der Waals surface area contributed by atoms with E-state index in [0.29, 0.717) is 18.3 Å². The molecule has 118 valence electrons. The van der Waals surface area contributed by atoms with E-state index in [1.165, 1.54) is 12.1 Å². The van der Waals surface area contributed by atoms with Crippen LogP contribution in [0.4, 0.5) is 4.39 Å². The second-order valence-corrected chi connectivity index (χ2v) is 6.99. The zero-order valence-corrected chi connectivity index (χ0v) is 13.5. The summed E-state index contributed by atoms with van der Waals surface area (Å²) in [5.41, 5.74) is 0. The van der Waals surface area contributed by atoms with Crippen molar-refractivity contribution in [2.24, 2.45) is 5.92 Å². The third-order valence-corrected chi connectivity index (χ3v) is 4.64. The van der Waals surface area contributed by atoms with E-state index in [1.54, 1.807) is 23.5 Å². The molecule has 2 heterocycles. The molecule has 0 aliphatic carbocycles. The Hall–Kier alpha value is -1.53. The van der Waals surface area contributed by atoms with Gasteiger partial charge in [-0.25, -0.2) is 4.39 Å². The van der Waals surface area contributed by atoms with Gasteiger partial charge in [-0.3, -0.25) is 4.90 Å². The number of rotatable bonds is 5. The summed E-state index contributed by atoms with van der Waals surface area (Å²) in [6, 6.07) is 6.34. The number of nitrogens with zero attached hydrogens (tertiary/aromatic N) is 3. The minimum atomic E-state index is -0.255. The molecule has 1 unspecified atom stereocenters. The van der Waals surface area contributed by atoms with Crippen LogP contribution < -0.4 is 4.74 Å². The highest BCUT2D eigenvalue weighted by Gasteiger charge is 2.21. The lowest BCUT2D eigenvalue weighted by Gasteiger charge is -2.31. The molecule has 22 heavy (non-hydrogen) atoms. The molecular formula is C16H20FN3OS. The van der Waals surface area contributed by atoms with Gasteiger partial charge in [0.25, 0.3) is 0 Å². The average Bonchev–Trinajstić information content (AvgIpc) is 2.91. The average molecular weight is 321 g/mol. The molecular weight excluding hydrogens is 301 g/mol. The van der Waals surface area contributed by atoms with E-state index >= 15 is 0 Å². The van der Waals surface area contributed by atoms with Gasteiger partial charge in [-0.15, -0.1) is 21.5 Å².